The molecule has 4 rings (SSSR count). The number of sulfonamides is 1. The average Bonchev–Trinajstić information content (AvgIpc) is 3.32. The van der Waals surface area contributed by atoms with Crippen molar-refractivity contribution < 1.29 is 17.9 Å². The lowest BCUT2D eigenvalue weighted by Crippen LogP contribution is -2.29. The molecular formula is C20H22N2O4S. The lowest BCUT2D eigenvalue weighted by Gasteiger charge is -2.20. The summed E-state index contributed by atoms with van der Waals surface area (Å²) in [6.45, 7) is 3.82. The lowest BCUT2D eigenvalue weighted by molar-refractivity contribution is 0.0793. The van der Waals surface area contributed by atoms with E-state index in [9.17, 15) is 13.2 Å². The SMILES string of the molecule is Cc1cccc(NS(=O)(=O)c2ccc3c(c2)CCO3)c1C(=O)N1CCCC1. The number of carbonyl (C=O) groups excluding carboxylic acids is 1. The molecule has 2 aliphatic rings. The van der Waals surface area contributed by atoms with Crippen LogP contribution >= 0.6 is 0 Å². The van der Waals surface area contributed by atoms with Crippen molar-refractivity contribution in [1.82, 2.24) is 4.90 Å². The zero-order valence-corrected chi connectivity index (χ0v) is 16.0. The molecule has 0 unspecified atom stereocenters. The molecule has 2 heterocycles. The summed E-state index contributed by atoms with van der Waals surface area (Å²) in [7, 11) is -3.81. The summed E-state index contributed by atoms with van der Waals surface area (Å²) in [4.78, 5) is 14.9. The van der Waals surface area contributed by atoms with Crippen LogP contribution in [0, 0.1) is 6.92 Å². The number of rotatable bonds is 4. The second-order valence-electron chi connectivity index (χ2n) is 6.97. The van der Waals surface area contributed by atoms with E-state index < -0.39 is 10.0 Å². The highest BCUT2D eigenvalue weighted by Gasteiger charge is 2.26. The van der Waals surface area contributed by atoms with Gasteiger partial charge in [-0.3, -0.25) is 9.52 Å². The zero-order chi connectivity index (χ0) is 19.0. The smallest absolute Gasteiger partial charge is 0.261 e. The van der Waals surface area contributed by atoms with Crippen LogP contribution in [0.15, 0.2) is 41.3 Å². The molecule has 0 atom stereocenters. The average molecular weight is 386 g/mol. The molecule has 7 heteroatoms. The molecule has 0 spiro atoms. The summed E-state index contributed by atoms with van der Waals surface area (Å²) >= 11 is 0. The van der Waals surface area contributed by atoms with Crippen LogP contribution in [0.1, 0.15) is 34.3 Å². The molecule has 0 aromatic heterocycles. The van der Waals surface area contributed by atoms with E-state index in [1.807, 2.05) is 13.0 Å². The molecule has 2 aliphatic heterocycles. The third-order valence-corrected chi connectivity index (χ3v) is 6.46. The number of anilines is 1. The van der Waals surface area contributed by atoms with Gasteiger partial charge in [-0.1, -0.05) is 12.1 Å². The fourth-order valence-corrected chi connectivity index (χ4v) is 4.77. The normalized spacial score (nSPS) is 16.1. The van der Waals surface area contributed by atoms with E-state index in [0.29, 0.717) is 37.4 Å². The minimum Gasteiger partial charge on any atom is -0.493 e. The summed E-state index contributed by atoms with van der Waals surface area (Å²) in [6.07, 6.45) is 2.66. The number of aryl methyl sites for hydroxylation is 1. The molecule has 6 nitrogen and oxygen atoms in total. The molecule has 0 bridgehead atoms. The first-order valence-electron chi connectivity index (χ1n) is 9.13. The van der Waals surface area contributed by atoms with E-state index in [0.717, 1.165) is 29.7 Å². The Labute approximate surface area is 159 Å². The first kappa shape index (κ1) is 17.9. The maximum absolute atomic E-state index is 12.9. The van der Waals surface area contributed by atoms with Crippen molar-refractivity contribution in [2.75, 3.05) is 24.4 Å². The topological polar surface area (TPSA) is 75.7 Å². The Morgan fingerprint density at radius 1 is 1.15 bits per heavy atom. The Hall–Kier alpha value is -2.54. The number of benzene rings is 2. The highest BCUT2D eigenvalue weighted by Crippen LogP contribution is 2.30. The van der Waals surface area contributed by atoms with E-state index >= 15 is 0 Å². The maximum Gasteiger partial charge on any atom is 0.261 e. The van der Waals surface area contributed by atoms with E-state index in [4.69, 9.17) is 4.74 Å². The van der Waals surface area contributed by atoms with Gasteiger partial charge in [-0.25, -0.2) is 8.42 Å². The minimum atomic E-state index is -3.81. The van der Waals surface area contributed by atoms with Crippen molar-refractivity contribution in [2.45, 2.75) is 31.1 Å². The second kappa shape index (κ2) is 6.88. The van der Waals surface area contributed by atoms with Crippen molar-refractivity contribution in [3.05, 3.63) is 53.1 Å². The van der Waals surface area contributed by atoms with Gasteiger partial charge in [0, 0.05) is 19.5 Å². The van der Waals surface area contributed by atoms with Gasteiger partial charge in [-0.2, -0.15) is 0 Å². The van der Waals surface area contributed by atoms with Crippen LogP contribution in [-0.4, -0.2) is 38.9 Å². The monoisotopic (exact) mass is 386 g/mol. The summed E-state index contributed by atoms with van der Waals surface area (Å²) < 4.78 is 33.9. The van der Waals surface area contributed by atoms with Gasteiger partial charge < -0.3 is 9.64 Å². The summed E-state index contributed by atoms with van der Waals surface area (Å²) in [5.74, 6) is 0.611. The summed E-state index contributed by atoms with van der Waals surface area (Å²) in [5.41, 5.74) is 2.39. The third kappa shape index (κ3) is 3.39. The number of hydrogen-bond donors (Lipinski definition) is 1. The fraction of sp³-hybridized carbons (Fsp3) is 0.350. The predicted molar refractivity (Wildman–Crippen MR) is 103 cm³/mol. The maximum atomic E-state index is 12.9. The molecule has 0 saturated carbocycles. The molecule has 27 heavy (non-hydrogen) atoms. The number of ether oxygens (including phenoxy) is 1. The molecule has 2 aromatic carbocycles. The van der Waals surface area contributed by atoms with Crippen LogP contribution in [0.5, 0.6) is 5.75 Å². The molecule has 2 aromatic rings. The first-order chi connectivity index (χ1) is 13.0. The predicted octanol–water partition coefficient (Wildman–Crippen LogP) is 2.97. The van der Waals surface area contributed by atoms with Gasteiger partial charge in [0.1, 0.15) is 5.75 Å². The van der Waals surface area contributed by atoms with Crippen LogP contribution in [0.2, 0.25) is 0 Å². The second-order valence-corrected chi connectivity index (χ2v) is 8.65. The molecule has 1 saturated heterocycles. The Morgan fingerprint density at radius 3 is 2.70 bits per heavy atom. The number of amides is 1. The molecular weight excluding hydrogens is 364 g/mol. The number of nitrogens with one attached hydrogen (secondary N) is 1. The number of carbonyl (C=O) groups is 1. The number of likely N-dealkylation sites (tertiary alicyclic amines) is 1. The zero-order valence-electron chi connectivity index (χ0n) is 15.2. The van der Waals surface area contributed by atoms with Crippen LogP contribution in [0.4, 0.5) is 5.69 Å². The molecule has 1 fully saturated rings. The van der Waals surface area contributed by atoms with Crippen LogP contribution in [0.3, 0.4) is 0 Å². The van der Waals surface area contributed by atoms with E-state index in [1.54, 1.807) is 29.2 Å². The van der Waals surface area contributed by atoms with Crippen molar-refractivity contribution in [1.29, 1.82) is 0 Å². The first-order valence-corrected chi connectivity index (χ1v) is 10.6. The van der Waals surface area contributed by atoms with Gasteiger partial charge in [-0.05, 0) is 55.2 Å². The summed E-state index contributed by atoms with van der Waals surface area (Å²) in [5, 5.41) is 0. The van der Waals surface area contributed by atoms with Crippen molar-refractivity contribution in [3.63, 3.8) is 0 Å². The van der Waals surface area contributed by atoms with Crippen molar-refractivity contribution in [3.8, 4) is 5.75 Å². The fourth-order valence-electron chi connectivity index (χ4n) is 3.65. The largest absolute Gasteiger partial charge is 0.493 e. The van der Waals surface area contributed by atoms with Gasteiger partial charge >= 0.3 is 0 Å². The lowest BCUT2D eigenvalue weighted by atomic mass is 10.1. The molecule has 0 aliphatic carbocycles. The number of hydrogen-bond acceptors (Lipinski definition) is 4. The highest BCUT2D eigenvalue weighted by molar-refractivity contribution is 7.92. The Bertz CT molecular complexity index is 995. The molecule has 142 valence electrons. The van der Waals surface area contributed by atoms with E-state index in [-0.39, 0.29) is 10.8 Å². The summed E-state index contributed by atoms with van der Waals surface area (Å²) in [6, 6.07) is 10.1. The van der Waals surface area contributed by atoms with Gasteiger partial charge in [0.2, 0.25) is 0 Å². The Balaban J connectivity index is 1.68. The molecule has 0 radical (unpaired) electrons. The Morgan fingerprint density at radius 2 is 1.93 bits per heavy atom. The quantitative estimate of drug-likeness (QED) is 0.877. The van der Waals surface area contributed by atoms with Crippen LogP contribution in [-0.2, 0) is 16.4 Å². The number of nitrogens with zero attached hydrogens (tertiary/aromatic N) is 1. The van der Waals surface area contributed by atoms with Crippen LogP contribution in [0.25, 0.3) is 0 Å². The number of fused-ring (bicyclic) bond motifs is 1. The van der Waals surface area contributed by atoms with Crippen molar-refractivity contribution >= 4 is 21.6 Å². The molecule has 1 amide bonds. The van der Waals surface area contributed by atoms with Gasteiger partial charge in [0.05, 0.1) is 22.8 Å². The van der Waals surface area contributed by atoms with E-state index in [1.165, 1.54) is 6.07 Å². The third-order valence-electron chi connectivity index (χ3n) is 5.10. The standard InChI is InChI=1S/C20H22N2O4S/c1-14-5-4-6-17(19(14)20(23)22-10-2-3-11-22)21-27(24,25)16-7-8-18-15(13-16)9-12-26-18/h4-8,13,21H,2-3,9-12H2,1H3. The minimum absolute atomic E-state index is 0.120. The van der Waals surface area contributed by atoms with Gasteiger partial charge in [0.15, 0.2) is 0 Å². The highest BCUT2D eigenvalue weighted by atomic mass is 32.2. The van der Waals surface area contributed by atoms with Crippen LogP contribution < -0.4 is 9.46 Å². The van der Waals surface area contributed by atoms with E-state index in [2.05, 4.69) is 4.72 Å². The Kier molecular flexibility index (Phi) is 4.55. The van der Waals surface area contributed by atoms with Gasteiger partial charge in [-0.15, -0.1) is 0 Å². The van der Waals surface area contributed by atoms with Gasteiger partial charge in [0.25, 0.3) is 15.9 Å². The molecule has 1 N–H and O–H groups in total. The van der Waals surface area contributed by atoms with Crippen molar-refractivity contribution in [2.24, 2.45) is 0 Å².